The number of amides is 1. The van der Waals surface area contributed by atoms with Crippen molar-refractivity contribution in [2.45, 2.75) is 38.6 Å². The number of benzene rings is 1. The Morgan fingerprint density at radius 1 is 1.14 bits per heavy atom. The van der Waals surface area contributed by atoms with Gasteiger partial charge in [0.2, 0.25) is 0 Å². The number of aryl methyl sites for hydroxylation is 1. The molecule has 1 heterocycles. The van der Waals surface area contributed by atoms with E-state index >= 15 is 0 Å². The summed E-state index contributed by atoms with van der Waals surface area (Å²) in [4.78, 5) is 16.8. The first kappa shape index (κ1) is 14.5. The van der Waals surface area contributed by atoms with E-state index in [2.05, 4.69) is 4.90 Å². The van der Waals surface area contributed by atoms with Gasteiger partial charge in [0, 0.05) is 37.8 Å². The molecular weight excluding hydrogens is 267 g/mol. The average molecular weight is 290 g/mol. The fourth-order valence-electron chi connectivity index (χ4n) is 3.47. The summed E-state index contributed by atoms with van der Waals surface area (Å²) in [5.74, 6) is -0.342. The molecule has 3 nitrogen and oxygen atoms in total. The zero-order valence-corrected chi connectivity index (χ0v) is 12.6. The molecule has 2 aliphatic rings. The lowest BCUT2D eigenvalue weighted by atomic mass is 10.1. The van der Waals surface area contributed by atoms with Crippen LogP contribution in [0.2, 0.25) is 0 Å². The van der Waals surface area contributed by atoms with Crippen molar-refractivity contribution in [2.24, 2.45) is 0 Å². The molecule has 1 aliphatic heterocycles. The highest BCUT2D eigenvalue weighted by Crippen LogP contribution is 2.24. The maximum Gasteiger partial charge on any atom is 0.254 e. The predicted octanol–water partition coefficient (Wildman–Crippen LogP) is 2.83. The van der Waals surface area contributed by atoms with E-state index in [-0.39, 0.29) is 11.7 Å². The maximum absolute atomic E-state index is 13.6. The average Bonchev–Trinajstić information content (AvgIpc) is 3.04. The second-order valence-electron chi connectivity index (χ2n) is 6.23. The van der Waals surface area contributed by atoms with Gasteiger partial charge < -0.3 is 4.90 Å². The van der Waals surface area contributed by atoms with E-state index in [1.807, 2.05) is 4.90 Å². The molecule has 0 radical (unpaired) electrons. The Kier molecular flexibility index (Phi) is 4.24. The summed E-state index contributed by atoms with van der Waals surface area (Å²) in [6.07, 6.45) is 5.28. The van der Waals surface area contributed by atoms with Gasteiger partial charge >= 0.3 is 0 Å². The minimum Gasteiger partial charge on any atom is -0.336 e. The molecule has 0 aromatic heterocycles. The Morgan fingerprint density at radius 2 is 1.81 bits per heavy atom. The third-order valence-electron chi connectivity index (χ3n) is 4.86. The number of hydrogen-bond donors (Lipinski definition) is 0. The summed E-state index contributed by atoms with van der Waals surface area (Å²) < 4.78 is 13.6. The Bertz CT molecular complexity index is 518. The zero-order chi connectivity index (χ0) is 14.8. The van der Waals surface area contributed by atoms with Crippen molar-refractivity contribution in [3.05, 3.63) is 35.1 Å². The fraction of sp³-hybridized carbons (Fsp3) is 0.588. The lowest BCUT2D eigenvalue weighted by molar-refractivity contribution is 0.0573. The van der Waals surface area contributed by atoms with Crippen LogP contribution in [-0.2, 0) is 0 Å². The van der Waals surface area contributed by atoms with Gasteiger partial charge in [-0.05, 0) is 37.5 Å². The van der Waals surface area contributed by atoms with Crippen molar-refractivity contribution >= 4 is 5.91 Å². The molecule has 2 fully saturated rings. The van der Waals surface area contributed by atoms with Crippen molar-refractivity contribution in [3.8, 4) is 0 Å². The summed E-state index contributed by atoms with van der Waals surface area (Å²) in [5, 5.41) is 0. The Balaban J connectivity index is 1.60. The van der Waals surface area contributed by atoms with Gasteiger partial charge in [0.25, 0.3) is 5.91 Å². The summed E-state index contributed by atoms with van der Waals surface area (Å²) in [6, 6.07) is 5.49. The molecule has 1 amide bonds. The van der Waals surface area contributed by atoms with E-state index in [1.165, 1.54) is 31.7 Å². The van der Waals surface area contributed by atoms with Gasteiger partial charge in [-0.2, -0.15) is 0 Å². The standard InChI is InChI=1S/C17H23FN2O/c1-13-6-7-14(12-16(13)18)17(21)20-10-8-19(9-11-20)15-4-2-3-5-15/h6-7,12,15H,2-5,8-11H2,1H3. The van der Waals surface area contributed by atoms with Crippen molar-refractivity contribution in [2.75, 3.05) is 26.2 Å². The monoisotopic (exact) mass is 290 g/mol. The van der Waals surface area contributed by atoms with E-state index in [0.717, 1.165) is 32.2 Å². The zero-order valence-electron chi connectivity index (χ0n) is 12.6. The topological polar surface area (TPSA) is 23.6 Å². The molecule has 0 bridgehead atoms. The highest BCUT2D eigenvalue weighted by atomic mass is 19.1. The number of halogens is 1. The molecule has 3 rings (SSSR count). The van der Waals surface area contributed by atoms with Crippen LogP contribution in [0.4, 0.5) is 4.39 Å². The molecular formula is C17H23FN2O. The number of carbonyl (C=O) groups is 1. The predicted molar refractivity (Wildman–Crippen MR) is 80.9 cm³/mol. The van der Waals surface area contributed by atoms with Crippen molar-refractivity contribution in [1.82, 2.24) is 9.80 Å². The molecule has 0 spiro atoms. The molecule has 0 atom stereocenters. The lowest BCUT2D eigenvalue weighted by Gasteiger charge is -2.38. The molecule has 0 unspecified atom stereocenters. The Morgan fingerprint density at radius 3 is 2.43 bits per heavy atom. The number of piperazine rings is 1. The molecule has 21 heavy (non-hydrogen) atoms. The molecule has 1 aliphatic carbocycles. The largest absolute Gasteiger partial charge is 0.336 e. The molecule has 1 saturated carbocycles. The molecule has 1 saturated heterocycles. The van der Waals surface area contributed by atoms with Crippen LogP contribution in [-0.4, -0.2) is 47.9 Å². The second kappa shape index (κ2) is 6.14. The molecule has 114 valence electrons. The van der Waals surface area contributed by atoms with Crippen LogP contribution in [0.25, 0.3) is 0 Å². The van der Waals surface area contributed by atoms with Gasteiger partial charge in [0.1, 0.15) is 5.82 Å². The minimum absolute atomic E-state index is 0.0417. The number of rotatable bonds is 2. The van der Waals surface area contributed by atoms with Crippen LogP contribution in [0.1, 0.15) is 41.6 Å². The van der Waals surface area contributed by atoms with Crippen molar-refractivity contribution in [3.63, 3.8) is 0 Å². The van der Waals surface area contributed by atoms with Crippen molar-refractivity contribution in [1.29, 1.82) is 0 Å². The molecule has 4 heteroatoms. The number of nitrogens with zero attached hydrogens (tertiary/aromatic N) is 2. The first-order valence-corrected chi connectivity index (χ1v) is 7.94. The normalized spacial score (nSPS) is 21.0. The summed E-state index contributed by atoms with van der Waals surface area (Å²) in [6.45, 7) is 5.12. The third kappa shape index (κ3) is 3.10. The quantitative estimate of drug-likeness (QED) is 0.836. The second-order valence-corrected chi connectivity index (χ2v) is 6.23. The van der Waals surface area contributed by atoms with Gasteiger partial charge in [-0.25, -0.2) is 4.39 Å². The number of hydrogen-bond acceptors (Lipinski definition) is 2. The van der Waals surface area contributed by atoms with Gasteiger partial charge in [-0.15, -0.1) is 0 Å². The SMILES string of the molecule is Cc1ccc(C(=O)N2CCN(C3CCCC3)CC2)cc1F. The van der Waals surface area contributed by atoms with Crippen molar-refractivity contribution < 1.29 is 9.18 Å². The summed E-state index contributed by atoms with van der Waals surface area (Å²) in [5.41, 5.74) is 1.05. The van der Waals surface area contributed by atoms with E-state index in [9.17, 15) is 9.18 Å². The van der Waals surface area contributed by atoms with E-state index in [0.29, 0.717) is 11.1 Å². The van der Waals surface area contributed by atoms with E-state index in [4.69, 9.17) is 0 Å². The summed E-state index contributed by atoms with van der Waals surface area (Å²) >= 11 is 0. The first-order chi connectivity index (χ1) is 10.1. The van der Waals surface area contributed by atoms with Gasteiger partial charge in [-0.1, -0.05) is 18.9 Å². The maximum atomic E-state index is 13.6. The van der Waals surface area contributed by atoms with Crippen LogP contribution < -0.4 is 0 Å². The van der Waals surface area contributed by atoms with Crippen LogP contribution in [0.3, 0.4) is 0 Å². The van der Waals surface area contributed by atoms with Crippen LogP contribution in [0.15, 0.2) is 18.2 Å². The van der Waals surface area contributed by atoms with Crippen LogP contribution >= 0.6 is 0 Å². The Labute approximate surface area is 125 Å². The van der Waals surface area contributed by atoms with Crippen LogP contribution in [0.5, 0.6) is 0 Å². The first-order valence-electron chi connectivity index (χ1n) is 7.94. The smallest absolute Gasteiger partial charge is 0.254 e. The Hall–Kier alpha value is -1.42. The summed E-state index contributed by atoms with van der Waals surface area (Å²) in [7, 11) is 0. The van der Waals surface area contributed by atoms with Gasteiger partial charge in [0.05, 0.1) is 0 Å². The highest BCUT2D eigenvalue weighted by Gasteiger charge is 2.28. The number of carbonyl (C=O) groups excluding carboxylic acids is 1. The molecule has 1 aromatic rings. The highest BCUT2D eigenvalue weighted by molar-refractivity contribution is 5.94. The minimum atomic E-state index is -0.301. The fourth-order valence-corrected chi connectivity index (χ4v) is 3.47. The third-order valence-corrected chi connectivity index (χ3v) is 4.86. The van der Waals surface area contributed by atoms with Gasteiger partial charge in [-0.3, -0.25) is 9.69 Å². The molecule has 0 N–H and O–H groups in total. The molecule has 1 aromatic carbocycles. The lowest BCUT2D eigenvalue weighted by Crippen LogP contribution is -2.51. The van der Waals surface area contributed by atoms with E-state index in [1.54, 1.807) is 19.1 Å². The van der Waals surface area contributed by atoms with E-state index < -0.39 is 0 Å². The van der Waals surface area contributed by atoms with Gasteiger partial charge in [0.15, 0.2) is 0 Å². The van der Waals surface area contributed by atoms with Crippen LogP contribution in [0, 0.1) is 12.7 Å².